The topological polar surface area (TPSA) is 110 Å². The number of likely N-dealkylation sites (N-methyl/N-ethyl adjacent to an activating group) is 1. The van der Waals surface area contributed by atoms with E-state index in [0.717, 1.165) is 5.56 Å². The number of nitrogens with zero attached hydrogens (tertiary/aromatic N) is 4. The molecule has 2 amide bonds. The van der Waals surface area contributed by atoms with Crippen molar-refractivity contribution in [2.24, 2.45) is 0 Å². The van der Waals surface area contributed by atoms with E-state index in [-0.39, 0.29) is 18.8 Å². The van der Waals surface area contributed by atoms with Crippen LogP contribution in [0.5, 0.6) is 0 Å². The first-order valence-corrected chi connectivity index (χ1v) is 11.8. The monoisotopic (exact) mass is 513 g/mol. The van der Waals surface area contributed by atoms with Gasteiger partial charge in [-0.05, 0) is 55.0 Å². The molecule has 0 spiro atoms. The van der Waals surface area contributed by atoms with Crippen LogP contribution in [0.4, 0.5) is 15.9 Å². The Labute approximate surface area is 218 Å². The predicted octanol–water partition coefficient (Wildman–Crippen LogP) is 5.09. The molecule has 1 aromatic heterocycles. The molecule has 192 valence electrons. The minimum atomic E-state index is -0.499. The number of halogens is 1. The number of non-ortho nitro benzene ring substituents is 1. The minimum absolute atomic E-state index is 0.0457. The Morgan fingerprint density at radius 3 is 2.37 bits per heavy atom. The highest BCUT2D eigenvalue weighted by Gasteiger charge is 2.17. The van der Waals surface area contributed by atoms with Crippen molar-refractivity contribution in [3.63, 3.8) is 0 Å². The lowest BCUT2D eigenvalue weighted by Gasteiger charge is -2.18. The molecule has 9 nitrogen and oxygen atoms in total. The molecule has 1 heterocycles. The molecule has 0 bridgehead atoms. The molecule has 1 N–H and O–H groups in total. The van der Waals surface area contributed by atoms with Crippen LogP contribution in [0.2, 0.25) is 0 Å². The van der Waals surface area contributed by atoms with Gasteiger partial charge in [-0.25, -0.2) is 9.07 Å². The highest BCUT2D eigenvalue weighted by Crippen LogP contribution is 2.25. The Hall–Kier alpha value is -5.12. The average molecular weight is 514 g/mol. The molecular formula is C28H24FN5O4. The van der Waals surface area contributed by atoms with Gasteiger partial charge >= 0.3 is 0 Å². The van der Waals surface area contributed by atoms with Crippen molar-refractivity contribution < 1.29 is 18.9 Å². The number of anilines is 1. The smallest absolute Gasteiger partial charge is 0.269 e. The molecule has 0 radical (unpaired) electrons. The zero-order chi connectivity index (χ0) is 27.1. The fourth-order valence-electron chi connectivity index (χ4n) is 3.68. The lowest BCUT2D eigenvalue weighted by atomic mass is 10.1. The van der Waals surface area contributed by atoms with E-state index in [1.807, 2.05) is 30.3 Å². The number of carbonyl (C=O) groups is 2. The summed E-state index contributed by atoms with van der Waals surface area (Å²) in [6.07, 6.45) is 2.84. The van der Waals surface area contributed by atoms with E-state index >= 15 is 0 Å². The van der Waals surface area contributed by atoms with Gasteiger partial charge < -0.3 is 10.2 Å². The van der Waals surface area contributed by atoms with Crippen molar-refractivity contribution in [3.05, 3.63) is 113 Å². The van der Waals surface area contributed by atoms with Gasteiger partial charge in [0.05, 0.1) is 16.3 Å². The third-order valence-corrected chi connectivity index (χ3v) is 5.67. The number of benzene rings is 3. The normalized spacial score (nSPS) is 10.9. The molecule has 0 aliphatic carbocycles. The molecule has 4 aromatic rings. The lowest BCUT2D eigenvalue weighted by molar-refractivity contribution is -0.384. The van der Waals surface area contributed by atoms with Crippen LogP contribution < -0.4 is 5.32 Å². The minimum Gasteiger partial charge on any atom is -0.330 e. The predicted molar refractivity (Wildman–Crippen MR) is 142 cm³/mol. The summed E-state index contributed by atoms with van der Waals surface area (Å²) in [6.45, 7) is 1.82. The second-order valence-corrected chi connectivity index (χ2v) is 8.25. The average Bonchev–Trinajstić information content (AvgIpc) is 3.35. The maximum atomic E-state index is 13.5. The number of nitro benzene ring substituents is 1. The molecule has 38 heavy (non-hydrogen) atoms. The van der Waals surface area contributed by atoms with Crippen molar-refractivity contribution in [3.8, 4) is 16.9 Å². The lowest BCUT2D eigenvalue weighted by Crippen LogP contribution is -2.37. The van der Waals surface area contributed by atoms with Crippen LogP contribution in [0, 0.1) is 15.9 Å². The van der Waals surface area contributed by atoms with Crippen LogP contribution in [-0.4, -0.2) is 44.5 Å². The van der Waals surface area contributed by atoms with E-state index in [2.05, 4.69) is 10.4 Å². The molecular weight excluding hydrogens is 489 g/mol. The van der Waals surface area contributed by atoms with E-state index in [0.29, 0.717) is 22.8 Å². The maximum Gasteiger partial charge on any atom is 0.269 e. The number of hydrogen-bond acceptors (Lipinski definition) is 5. The summed E-state index contributed by atoms with van der Waals surface area (Å²) in [6, 6.07) is 22.6. The van der Waals surface area contributed by atoms with Crippen LogP contribution in [0.25, 0.3) is 23.0 Å². The second-order valence-electron chi connectivity index (χ2n) is 8.25. The van der Waals surface area contributed by atoms with Crippen molar-refractivity contribution >= 4 is 29.4 Å². The number of nitrogens with one attached hydrogen (secondary N) is 1. The Morgan fingerprint density at radius 1 is 1.05 bits per heavy atom. The number of amides is 2. The SMILES string of the molecule is CCN(CC(=O)Nc1cc(-c2ccccc2)nn1-c1ccc(F)cc1)C(=O)/C=C/c1ccc([N+](=O)[O-])cc1. The fourth-order valence-corrected chi connectivity index (χ4v) is 3.68. The van der Waals surface area contributed by atoms with Crippen molar-refractivity contribution in [2.45, 2.75) is 6.92 Å². The van der Waals surface area contributed by atoms with Crippen LogP contribution in [0.3, 0.4) is 0 Å². The van der Waals surface area contributed by atoms with Gasteiger partial charge in [-0.3, -0.25) is 19.7 Å². The summed E-state index contributed by atoms with van der Waals surface area (Å²) < 4.78 is 15.0. The molecule has 10 heteroatoms. The molecule has 0 saturated carbocycles. The standard InChI is InChI=1S/C28H24FN5O4/c1-2-32(28(36)17-10-20-8-13-24(14-9-20)34(37)38)19-27(35)30-26-18-25(21-6-4-3-5-7-21)31-33(26)23-15-11-22(29)12-16-23/h3-18H,2,19H2,1H3,(H,30,35)/b17-10+. The molecule has 0 saturated heterocycles. The largest absolute Gasteiger partial charge is 0.330 e. The summed E-state index contributed by atoms with van der Waals surface area (Å²) in [5.74, 6) is -0.858. The van der Waals surface area contributed by atoms with Gasteiger partial charge in [-0.1, -0.05) is 30.3 Å². The van der Waals surface area contributed by atoms with Gasteiger partial charge in [0.15, 0.2) is 0 Å². The number of aromatic nitrogens is 2. The first-order chi connectivity index (χ1) is 18.3. The third kappa shape index (κ3) is 6.35. The number of rotatable bonds is 9. The Bertz CT molecular complexity index is 1470. The van der Waals surface area contributed by atoms with Crippen molar-refractivity contribution in [2.75, 3.05) is 18.4 Å². The summed E-state index contributed by atoms with van der Waals surface area (Å²) in [5, 5.41) is 18.2. The number of nitro groups is 1. The molecule has 0 aliphatic heterocycles. The van der Waals surface area contributed by atoms with Crippen molar-refractivity contribution in [1.82, 2.24) is 14.7 Å². The van der Waals surface area contributed by atoms with Gasteiger partial charge in [-0.2, -0.15) is 5.10 Å². The molecule has 4 rings (SSSR count). The van der Waals surface area contributed by atoms with E-state index in [4.69, 9.17) is 0 Å². The van der Waals surface area contributed by atoms with Gasteiger partial charge in [0.2, 0.25) is 11.8 Å². The summed E-state index contributed by atoms with van der Waals surface area (Å²) >= 11 is 0. The Balaban J connectivity index is 1.49. The van der Waals surface area contributed by atoms with E-state index < -0.39 is 22.6 Å². The quantitative estimate of drug-likeness (QED) is 0.191. The van der Waals surface area contributed by atoms with Gasteiger partial charge in [0, 0.05) is 36.4 Å². The highest BCUT2D eigenvalue weighted by atomic mass is 19.1. The van der Waals surface area contributed by atoms with Crippen LogP contribution in [0.1, 0.15) is 12.5 Å². The first kappa shape index (κ1) is 26.0. The summed E-state index contributed by atoms with van der Waals surface area (Å²) in [4.78, 5) is 37.3. The second kappa shape index (κ2) is 11.7. The number of hydrogen-bond donors (Lipinski definition) is 1. The van der Waals surface area contributed by atoms with Gasteiger partial charge in [-0.15, -0.1) is 0 Å². The summed E-state index contributed by atoms with van der Waals surface area (Å²) in [5.41, 5.74) is 2.57. The fraction of sp³-hybridized carbons (Fsp3) is 0.107. The Morgan fingerprint density at radius 2 is 1.74 bits per heavy atom. The van der Waals surface area contributed by atoms with Crippen molar-refractivity contribution in [1.29, 1.82) is 0 Å². The third-order valence-electron chi connectivity index (χ3n) is 5.67. The van der Waals surface area contributed by atoms with E-state index in [1.54, 1.807) is 25.1 Å². The van der Waals surface area contributed by atoms with E-state index in [9.17, 15) is 24.1 Å². The molecule has 0 atom stereocenters. The van der Waals surface area contributed by atoms with Gasteiger partial charge in [0.1, 0.15) is 18.2 Å². The maximum absolute atomic E-state index is 13.5. The molecule has 0 fully saturated rings. The Kier molecular flexibility index (Phi) is 8.02. The van der Waals surface area contributed by atoms with Crippen LogP contribution in [0.15, 0.2) is 91.0 Å². The molecule has 0 unspecified atom stereocenters. The van der Waals surface area contributed by atoms with E-state index in [1.165, 1.54) is 58.1 Å². The highest BCUT2D eigenvalue weighted by molar-refractivity contribution is 5.98. The van der Waals surface area contributed by atoms with Gasteiger partial charge in [0.25, 0.3) is 5.69 Å². The number of carbonyl (C=O) groups excluding carboxylic acids is 2. The summed E-state index contributed by atoms with van der Waals surface area (Å²) in [7, 11) is 0. The molecule has 0 aliphatic rings. The molecule has 3 aromatic carbocycles. The van der Waals surface area contributed by atoms with Crippen LogP contribution in [-0.2, 0) is 9.59 Å². The zero-order valence-corrected chi connectivity index (χ0v) is 20.5. The zero-order valence-electron chi connectivity index (χ0n) is 20.5. The first-order valence-electron chi connectivity index (χ1n) is 11.8. The van der Waals surface area contributed by atoms with Crippen LogP contribution >= 0.6 is 0 Å².